The lowest BCUT2D eigenvalue weighted by molar-refractivity contribution is 0.453. The number of hydrogen-bond donors (Lipinski definition) is 1. The van der Waals surface area contributed by atoms with E-state index in [-0.39, 0.29) is 0 Å². The predicted octanol–water partition coefficient (Wildman–Crippen LogP) is 4.58. The van der Waals surface area contributed by atoms with Crippen molar-refractivity contribution < 1.29 is 0 Å². The van der Waals surface area contributed by atoms with Gasteiger partial charge in [0.2, 0.25) is 0 Å². The third-order valence-corrected chi connectivity index (χ3v) is 3.88. The SMILES string of the molecule is CCCNCc1ccc2c(ccn2CC(C)CCC)c1. The molecule has 20 heavy (non-hydrogen) atoms. The Morgan fingerprint density at radius 3 is 2.75 bits per heavy atom. The molecule has 0 amide bonds. The van der Waals surface area contributed by atoms with Crippen LogP contribution >= 0.6 is 0 Å². The Bertz CT molecular complexity index is 527. The molecule has 0 aliphatic carbocycles. The van der Waals surface area contributed by atoms with E-state index < -0.39 is 0 Å². The fourth-order valence-corrected chi connectivity index (χ4v) is 2.85. The fraction of sp³-hybridized carbons (Fsp3) is 0.556. The molecule has 2 aromatic rings. The normalized spacial score (nSPS) is 12.9. The van der Waals surface area contributed by atoms with Crippen LogP contribution in [0.5, 0.6) is 0 Å². The second-order valence-corrected chi connectivity index (χ2v) is 5.93. The Kier molecular flexibility index (Phi) is 5.66. The van der Waals surface area contributed by atoms with E-state index in [2.05, 4.69) is 61.1 Å². The van der Waals surface area contributed by atoms with Crippen LogP contribution in [0.3, 0.4) is 0 Å². The van der Waals surface area contributed by atoms with E-state index in [4.69, 9.17) is 0 Å². The zero-order valence-electron chi connectivity index (χ0n) is 13.2. The number of benzene rings is 1. The molecule has 1 aromatic heterocycles. The molecule has 0 radical (unpaired) electrons. The van der Waals surface area contributed by atoms with Crippen molar-refractivity contribution in [2.75, 3.05) is 6.54 Å². The second kappa shape index (κ2) is 7.49. The second-order valence-electron chi connectivity index (χ2n) is 5.93. The van der Waals surface area contributed by atoms with Crippen LogP contribution in [0.15, 0.2) is 30.5 Å². The van der Waals surface area contributed by atoms with Crippen molar-refractivity contribution in [3.8, 4) is 0 Å². The zero-order valence-corrected chi connectivity index (χ0v) is 13.2. The molecule has 1 unspecified atom stereocenters. The molecule has 0 saturated carbocycles. The van der Waals surface area contributed by atoms with Crippen LogP contribution in [-0.4, -0.2) is 11.1 Å². The average molecular weight is 272 g/mol. The smallest absolute Gasteiger partial charge is 0.0480 e. The van der Waals surface area contributed by atoms with Crippen molar-refractivity contribution in [1.82, 2.24) is 9.88 Å². The van der Waals surface area contributed by atoms with Gasteiger partial charge >= 0.3 is 0 Å². The summed E-state index contributed by atoms with van der Waals surface area (Å²) in [5.74, 6) is 0.751. The minimum atomic E-state index is 0.751. The first-order valence-electron chi connectivity index (χ1n) is 8.03. The first-order chi connectivity index (χ1) is 9.74. The topological polar surface area (TPSA) is 17.0 Å². The highest BCUT2D eigenvalue weighted by Gasteiger charge is 2.06. The molecule has 1 aromatic carbocycles. The molecule has 0 saturated heterocycles. The number of nitrogens with zero attached hydrogens (tertiary/aromatic N) is 1. The molecule has 0 aliphatic rings. The van der Waals surface area contributed by atoms with Gasteiger partial charge in [-0.25, -0.2) is 0 Å². The first kappa shape index (κ1) is 15.1. The Balaban J connectivity index is 2.08. The first-order valence-corrected chi connectivity index (χ1v) is 8.03. The van der Waals surface area contributed by atoms with Crippen LogP contribution < -0.4 is 5.32 Å². The van der Waals surface area contributed by atoms with Gasteiger partial charge in [0.05, 0.1) is 0 Å². The van der Waals surface area contributed by atoms with Gasteiger partial charge in [-0.3, -0.25) is 0 Å². The van der Waals surface area contributed by atoms with Gasteiger partial charge < -0.3 is 9.88 Å². The highest BCUT2D eigenvalue weighted by atomic mass is 15.0. The highest BCUT2D eigenvalue weighted by molar-refractivity contribution is 5.80. The van der Waals surface area contributed by atoms with Crippen LogP contribution in [0, 0.1) is 5.92 Å². The third-order valence-electron chi connectivity index (χ3n) is 3.88. The van der Waals surface area contributed by atoms with E-state index in [0.717, 1.165) is 25.6 Å². The van der Waals surface area contributed by atoms with Crippen molar-refractivity contribution >= 4 is 10.9 Å². The van der Waals surface area contributed by atoms with Crippen molar-refractivity contribution in [2.45, 2.75) is 53.1 Å². The molecule has 2 heteroatoms. The van der Waals surface area contributed by atoms with Crippen molar-refractivity contribution in [1.29, 1.82) is 0 Å². The van der Waals surface area contributed by atoms with Gasteiger partial charge in [0.1, 0.15) is 0 Å². The van der Waals surface area contributed by atoms with Gasteiger partial charge in [0.25, 0.3) is 0 Å². The van der Waals surface area contributed by atoms with Gasteiger partial charge in [-0.05, 0) is 54.5 Å². The summed E-state index contributed by atoms with van der Waals surface area (Å²) < 4.78 is 2.40. The van der Waals surface area contributed by atoms with Gasteiger partial charge in [-0.1, -0.05) is 33.3 Å². The minimum absolute atomic E-state index is 0.751. The van der Waals surface area contributed by atoms with E-state index in [9.17, 15) is 0 Å². The number of hydrogen-bond acceptors (Lipinski definition) is 1. The van der Waals surface area contributed by atoms with E-state index in [1.54, 1.807) is 0 Å². The molecule has 1 atom stereocenters. The summed E-state index contributed by atoms with van der Waals surface area (Å²) in [6, 6.07) is 9.10. The quantitative estimate of drug-likeness (QED) is 0.696. The molecule has 110 valence electrons. The Labute approximate surface area is 123 Å². The van der Waals surface area contributed by atoms with Crippen LogP contribution in [0.25, 0.3) is 10.9 Å². The van der Waals surface area contributed by atoms with E-state index in [1.807, 2.05) is 0 Å². The monoisotopic (exact) mass is 272 g/mol. The zero-order chi connectivity index (χ0) is 14.4. The lowest BCUT2D eigenvalue weighted by Crippen LogP contribution is -2.13. The molecule has 0 aliphatic heterocycles. The van der Waals surface area contributed by atoms with Gasteiger partial charge in [-0.2, -0.15) is 0 Å². The summed E-state index contributed by atoms with van der Waals surface area (Å²) in [5, 5.41) is 4.83. The molecule has 1 N–H and O–H groups in total. The van der Waals surface area contributed by atoms with Gasteiger partial charge in [0.15, 0.2) is 0 Å². The highest BCUT2D eigenvalue weighted by Crippen LogP contribution is 2.20. The maximum atomic E-state index is 3.46. The minimum Gasteiger partial charge on any atom is -0.347 e. The maximum absolute atomic E-state index is 3.46. The number of aromatic nitrogens is 1. The molecule has 0 fully saturated rings. The lowest BCUT2D eigenvalue weighted by atomic mass is 10.1. The number of rotatable bonds is 8. The largest absolute Gasteiger partial charge is 0.347 e. The lowest BCUT2D eigenvalue weighted by Gasteiger charge is -2.12. The summed E-state index contributed by atoms with van der Waals surface area (Å²) in [6.45, 7) is 10.0. The summed E-state index contributed by atoms with van der Waals surface area (Å²) in [5.41, 5.74) is 2.75. The standard InChI is InChI=1S/C18H28N2/c1-4-6-15(3)14-20-11-9-17-12-16(7-8-18(17)20)13-19-10-5-2/h7-9,11-12,15,19H,4-6,10,13-14H2,1-3H3. The van der Waals surface area contributed by atoms with Crippen LogP contribution in [0.4, 0.5) is 0 Å². The molecular weight excluding hydrogens is 244 g/mol. The average Bonchev–Trinajstić information content (AvgIpc) is 2.82. The van der Waals surface area contributed by atoms with E-state index >= 15 is 0 Å². The van der Waals surface area contributed by atoms with Crippen molar-refractivity contribution in [3.63, 3.8) is 0 Å². The number of fused-ring (bicyclic) bond motifs is 1. The Hall–Kier alpha value is -1.28. The molecule has 0 bridgehead atoms. The van der Waals surface area contributed by atoms with E-state index in [1.165, 1.54) is 35.7 Å². The molecule has 2 nitrogen and oxygen atoms in total. The Morgan fingerprint density at radius 1 is 1.15 bits per heavy atom. The van der Waals surface area contributed by atoms with E-state index in [0.29, 0.717) is 0 Å². The third kappa shape index (κ3) is 3.86. The van der Waals surface area contributed by atoms with Gasteiger partial charge in [-0.15, -0.1) is 0 Å². The van der Waals surface area contributed by atoms with Crippen LogP contribution in [0.2, 0.25) is 0 Å². The predicted molar refractivity (Wildman–Crippen MR) is 88.0 cm³/mol. The van der Waals surface area contributed by atoms with Crippen molar-refractivity contribution in [2.24, 2.45) is 5.92 Å². The summed E-state index contributed by atoms with van der Waals surface area (Å²) >= 11 is 0. The molecule has 1 heterocycles. The van der Waals surface area contributed by atoms with Crippen molar-refractivity contribution in [3.05, 3.63) is 36.0 Å². The summed E-state index contributed by atoms with van der Waals surface area (Å²) in [7, 11) is 0. The molecule has 0 spiro atoms. The number of nitrogens with one attached hydrogen (secondary N) is 1. The molecular formula is C18H28N2. The van der Waals surface area contributed by atoms with Crippen LogP contribution in [0.1, 0.15) is 45.6 Å². The Morgan fingerprint density at radius 2 is 2.00 bits per heavy atom. The maximum Gasteiger partial charge on any atom is 0.0480 e. The fourth-order valence-electron chi connectivity index (χ4n) is 2.85. The van der Waals surface area contributed by atoms with Gasteiger partial charge in [0, 0.05) is 24.8 Å². The van der Waals surface area contributed by atoms with Crippen LogP contribution in [-0.2, 0) is 13.1 Å². The summed E-state index contributed by atoms with van der Waals surface area (Å²) in [4.78, 5) is 0. The summed E-state index contributed by atoms with van der Waals surface area (Å²) in [6.07, 6.45) is 6.00. The molecule has 2 rings (SSSR count).